The van der Waals surface area contributed by atoms with Crippen LogP contribution in [0.4, 0.5) is 0 Å². The van der Waals surface area contributed by atoms with Gasteiger partial charge >= 0.3 is 0 Å². The fraction of sp³-hybridized carbons (Fsp3) is 0.250. The molecule has 1 radical (unpaired) electrons. The molecule has 0 spiro atoms. The Kier molecular flexibility index (Phi) is 1.34. The van der Waals surface area contributed by atoms with Gasteiger partial charge in [-0.1, -0.05) is 23.8 Å². The van der Waals surface area contributed by atoms with Crippen LogP contribution < -0.4 is 0 Å². The Balaban J connectivity index is 3.08. The lowest BCUT2D eigenvalue weighted by molar-refractivity contribution is 1.38. The molecule has 0 heterocycles. The average Bonchev–Trinajstić information content (AvgIpc) is 1.64. The van der Waals surface area contributed by atoms with Gasteiger partial charge in [0.15, 0.2) is 0 Å². The summed E-state index contributed by atoms with van der Waals surface area (Å²) in [6.07, 6.45) is 0. The lowest BCUT2D eigenvalue weighted by atomic mass is 10.2. The molecular formula is C8H9. The zero-order chi connectivity index (χ0) is 5.98. The monoisotopic (exact) mass is 105 g/mol. The molecule has 0 aliphatic heterocycles. The molecule has 0 bridgehead atoms. The molecule has 0 aliphatic carbocycles. The van der Waals surface area contributed by atoms with E-state index in [9.17, 15) is 0 Å². The molecular weight excluding hydrogens is 96.1 g/mol. The molecule has 8 heavy (non-hydrogen) atoms. The first-order valence-corrected chi connectivity index (χ1v) is 2.74. The van der Waals surface area contributed by atoms with E-state index in [1.165, 1.54) is 11.1 Å². The molecule has 0 aromatic heterocycles. The molecule has 0 aliphatic rings. The van der Waals surface area contributed by atoms with E-state index in [0.717, 1.165) is 0 Å². The molecule has 0 nitrogen and oxygen atoms in total. The van der Waals surface area contributed by atoms with E-state index in [-0.39, 0.29) is 0 Å². The summed E-state index contributed by atoms with van der Waals surface area (Å²) >= 11 is 0. The summed E-state index contributed by atoms with van der Waals surface area (Å²) in [6, 6.07) is 9.18. The van der Waals surface area contributed by atoms with Crippen molar-refractivity contribution < 1.29 is 0 Å². The lowest BCUT2D eigenvalue weighted by Crippen LogP contribution is -1.72. The van der Waals surface area contributed by atoms with Crippen molar-refractivity contribution in [1.29, 1.82) is 0 Å². The SMILES string of the molecule is Cc1[c]ccc(C)c1. The Hall–Kier alpha value is -0.780. The summed E-state index contributed by atoms with van der Waals surface area (Å²) < 4.78 is 0. The molecule has 0 unspecified atom stereocenters. The Morgan fingerprint density at radius 2 is 2.12 bits per heavy atom. The Morgan fingerprint density at radius 1 is 1.38 bits per heavy atom. The van der Waals surface area contributed by atoms with Crippen molar-refractivity contribution in [1.82, 2.24) is 0 Å². The highest BCUT2D eigenvalue weighted by Gasteiger charge is 1.81. The van der Waals surface area contributed by atoms with Gasteiger partial charge < -0.3 is 0 Å². The minimum atomic E-state index is 1.21. The van der Waals surface area contributed by atoms with Gasteiger partial charge in [0.1, 0.15) is 0 Å². The highest BCUT2D eigenvalue weighted by Crippen LogP contribution is 1.99. The van der Waals surface area contributed by atoms with Crippen LogP contribution in [0.2, 0.25) is 0 Å². The second kappa shape index (κ2) is 1.99. The van der Waals surface area contributed by atoms with Crippen molar-refractivity contribution in [2.24, 2.45) is 0 Å². The van der Waals surface area contributed by atoms with Crippen molar-refractivity contribution >= 4 is 0 Å². The lowest BCUT2D eigenvalue weighted by Gasteiger charge is -1.90. The van der Waals surface area contributed by atoms with Gasteiger partial charge in [0.05, 0.1) is 0 Å². The van der Waals surface area contributed by atoms with Gasteiger partial charge in [-0.15, -0.1) is 0 Å². The summed E-state index contributed by atoms with van der Waals surface area (Å²) in [6.45, 7) is 4.13. The van der Waals surface area contributed by atoms with Crippen molar-refractivity contribution in [3.63, 3.8) is 0 Å². The van der Waals surface area contributed by atoms with E-state index >= 15 is 0 Å². The summed E-state index contributed by atoms with van der Waals surface area (Å²) in [4.78, 5) is 0. The summed E-state index contributed by atoms with van der Waals surface area (Å²) in [5, 5.41) is 0. The van der Waals surface area contributed by atoms with Crippen LogP contribution in [0.25, 0.3) is 0 Å². The molecule has 1 rings (SSSR count). The topological polar surface area (TPSA) is 0 Å². The number of aryl methyl sites for hydroxylation is 2. The van der Waals surface area contributed by atoms with Crippen LogP contribution in [-0.2, 0) is 0 Å². The van der Waals surface area contributed by atoms with E-state index < -0.39 is 0 Å². The first-order valence-electron chi connectivity index (χ1n) is 2.74. The Morgan fingerprint density at radius 3 is 2.50 bits per heavy atom. The van der Waals surface area contributed by atoms with E-state index in [1.807, 2.05) is 19.1 Å². The number of hydrogen-bond donors (Lipinski definition) is 0. The standard InChI is InChI=1S/C8H9/c1-7-4-3-5-8(2)6-7/h3-4,6H,1-2H3. The molecule has 0 atom stereocenters. The maximum atomic E-state index is 3.07. The van der Waals surface area contributed by atoms with Gasteiger partial charge in [-0.25, -0.2) is 0 Å². The van der Waals surface area contributed by atoms with E-state index in [1.54, 1.807) is 0 Å². The van der Waals surface area contributed by atoms with Crippen molar-refractivity contribution in [3.05, 3.63) is 35.4 Å². The van der Waals surface area contributed by atoms with Gasteiger partial charge in [-0.05, 0) is 25.5 Å². The van der Waals surface area contributed by atoms with Gasteiger partial charge in [0, 0.05) is 0 Å². The zero-order valence-corrected chi connectivity index (χ0v) is 5.23. The molecule has 1 aromatic carbocycles. The maximum absolute atomic E-state index is 3.07. The van der Waals surface area contributed by atoms with Crippen molar-refractivity contribution in [2.45, 2.75) is 13.8 Å². The first-order chi connectivity index (χ1) is 3.79. The smallest absolute Gasteiger partial charge is 0.0152 e. The minimum absolute atomic E-state index is 1.21. The molecule has 41 valence electrons. The normalized spacial score (nSPS) is 9.25. The molecule has 0 N–H and O–H groups in total. The quantitative estimate of drug-likeness (QED) is 0.474. The van der Waals surface area contributed by atoms with Crippen LogP contribution in [0.1, 0.15) is 11.1 Å². The molecule has 0 saturated heterocycles. The van der Waals surface area contributed by atoms with Crippen molar-refractivity contribution in [2.75, 3.05) is 0 Å². The third kappa shape index (κ3) is 1.09. The van der Waals surface area contributed by atoms with Crippen LogP contribution in [-0.4, -0.2) is 0 Å². The Labute approximate surface area is 50.2 Å². The van der Waals surface area contributed by atoms with E-state index in [4.69, 9.17) is 0 Å². The Bertz CT molecular complexity index is 160. The predicted molar refractivity (Wildman–Crippen MR) is 34.8 cm³/mol. The summed E-state index contributed by atoms with van der Waals surface area (Å²) in [5.74, 6) is 0. The predicted octanol–water partition coefficient (Wildman–Crippen LogP) is 2.10. The third-order valence-corrected chi connectivity index (χ3v) is 1.10. The second-order valence-corrected chi connectivity index (χ2v) is 2.05. The molecule has 0 amide bonds. The fourth-order valence-electron chi connectivity index (χ4n) is 0.736. The highest BCUT2D eigenvalue weighted by molar-refractivity contribution is 5.19. The third-order valence-electron chi connectivity index (χ3n) is 1.10. The fourth-order valence-corrected chi connectivity index (χ4v) is 0.736. The number of rotatable bonds is 0. The van der Waals surface area contributed by atoms with Gasteiger partial charge in [0.2, 0.25) is 0 Å². The average molecular weight is 105 g/mol. The molecule has 1 aromatic rings. The zero-order valence-electron chi connectivity index (χ0n) is 5.23. The van der Waals surface area contributed by atoms with Crippen LogP contribution in [0.15, 0.2) is 18.2 Å². The van der Waals surface area contributed by atoms with Gasteiger partial charge in [-0.3, -0.25) is 0 Å². The van der Waals surface area contributed by atoms with Crippen LogP contribution in [0, 0.1) is 19.9 Å². The molecule has 0 saturated carbocycles. The van der Waals surface area contributed by atoms with E-state index in [2.05, 4.69) is 19.1 Å². The number of benzene rings is 1. The molecule has 0 fully saturated rings. The second-order valence-electron chi connectivity index (χ2n) is 2.05. The van der Waals surface area contributed by atoms with Crippen molar-refractivity contribution in [3.8, 4) is 0 Å². The van der Waals surface area contributed by atoms with Crippen LogP contribution >= 0.6 is 0 Å². The van der Waals surface area contributed by atoms with Gasteiger partial charge in [0.25, 0.3) is 0 Å². The summed E-state index contributed by atoms with van der Waals surface area (Å²) in [5.41, 5.74) is 2.52. The highest BCUT2D eigenvalue weighted by atomic mass is 13.9. The van der Waals surface area contributed by atoms with E-state index in [0.29, 0.717) is 0 Å². The largest absolute Gasteiger partial charge is 0.0587 e. The van der Waals surface area contributed by atoms with Crippen LogP contribution in [0.5, 0.6) is 0 Å². The summed E-state index contributed by atoms with van der Waals surface area (Å²) in [7, 11) is 0. The van der Waals surface area contributed by atoms with Crippen LogP contribution in [0.3, 0.4) is 0 Å². The first kappa shape index (κ1) is 5.36. The maximum Gasteiger partial charge on any atom is -0.0152 e. The number of hydrogen-bond acceptors (Lipinski definition) is 0. The molecule has 0 heteroatoms. The van der Waals surface area contributed by atoms with Gasteiger partial charge in [-0.2, -0.15) is 0 Å². The minimum Gasteiger partial charge on any atom is -0.0587 e.